The number of hydrogen-bond acceptors (Lipinski definition) is 3. The van der Waals surface area contributed by atoms with E-state index in [2.05, 4.69) is 0 Å². The van der Waals surface area contributed by atoms with Crippen LogP contribution in [-0.4, -0.2) is 31.6 Å². The minimum absolute atomic E-state index is 0.0121. The van der Waals surface area contributed by atoms with Crippen molar-refractivity contribution >= 4 is 5.91 Å². The normalized spacial score (nSPS) is 10.3. The lowest BCUT2D eigenvalue weighted by molar-refractivity contribution is -0.132. The van der Waals surface area contributed by atoms with Crippen LogP contribution in [0.4, 0.5) is 0 Å². The molecule has 0 aromatic heterocycles. The van der Waals surface area contributed by atoms with Crippen molar-refractivity contribution in [1.29, 1.82) is 0 Å². The van der Waals surface area contributed by atoms with E-state index in [0.717, 1.165) is 11.1 Å². The van der Waals surface area contributed by atoms with Gasteiger partial charge in [0.25, 0.3) is 5.91 Å². The fraction of sp³-hybridized carbons (Fsp3) is 0.316. The van der Waals surface area contributed by atoms with Gasteiger partial charge in [-0.1, -0.05) is 30.3 Å². The van der Waals surface area contributed by atoms with Crippen LogP contribution in [0.1, 0.15) is 16.7 Å². The van der Waals surface area contributed by atoms with Gasteiger partial charge in [-0.25, -0.2) is 0 Å². The van der Waals surface area contributed by atoms with Gasteiger partial charge in [-0.3, -0.25) is 4.79 Å². The Kier molecular flexibility index (Phi) is 5.63. The first-order valence-corrected chi connectivity index (χ1v) is 7.57. The van der Waals surface area contributed by atoms with Gasteiger partial charge in [0.2, 0.25) is 0 Å². The van der Waals surface area contributed by atoms with Gasteiger partial charge in [0.1, 0.15) is 0 Å². The molecule has 0 aliphatic rings. The van der Waals surface area contributed by atoms with E-state index < -0.39 is 0 Å². The third-order valence-corrected chi connectivity index (χ3v) is 3.76. The van der Waals surface area contributed by atoms with Gasteiger partial charge in [-0.15, -0.1) is 0 Å². The highest BCUT2D eigenvalue weighted by Gasteiger charge is 2.13. The second kappa shape index (κ2) is 7.68. The molecule has 0 saturated heterocycles. The summed E-state index contributed by atoms with van der Waals surface area (Å²) in [6.07, 6.45) is 0. The second-order valence-corrected chi connectivity index (χ2v) is 5.62. The predicted octanol–water partition coefficient (Wildman–Crippen LogP) is 3.35. The number of nitrogens with zero attached hydrogens (tertiary/aromatic N) is 1. The van der Waals surface area contributed by atoms with Crippen LogP contribution >= 0.6 is 0 Å². The maximum Gasteiger partial charge on any atom is 0.260 e. The molecule has 0 heterocycles. The van der Waals surface area contributed by atoms with E-state index in [9.17, 15) is 4.79 Å². The van der Waals surface area contributed by atoms with E-state index in [-0.39, 0.29) is 12.5 Å². The highest BCUT2D eigenvalue weighted by atomic mass is 16.5. The summed E-state index contributed by atoms with van der Waals surface area (Å²) >= 11 is 0. The van der Waals surface area contributed by atoms with E-state index in [1.54, 1.807) is 19.1 Å². The molecule has 122 valence electrons. The topological polar surface area (TPSA) is 38.8 Å². The van der Waals surface area contributed by atoms with Gasteiger partial charge in [0.15, 0.2) is 18.1 Å². The van der Waals surface area contributed by atoms with Crippen molar-refractivity contribution < 1.29 is 14.3 Å². The Hall–Kier alpha value is -2.49. The molecule has 23 heavy (non-hydrogen) atoms. The molecule has 0 unspecified atom stereocenters. The largest absolute Gasteiger partial charge is 0.493 e. The van der Waals surface area contributed by atoms with Crippen molar-refractivity contribution in [3.05, 3.63) is 59.2 Å². The van der Waals surface area contributed by atoms with Crippen molar-refractivity contribution in [2.45, 2.75) is 20.4 Å². The van der Waals surface area contributed by atoms with Crippen molar-refractivity contribution in [2.24, 2.45) is 0 Å². The SMILES string of the molecule is COc1cc(C)ccc1OCC(=O)N(C)Cc1ccccc1C. The lowest BCUT2D eigenvalue weighted by Gasteiger charge is -2.19. The Balaban J connectivity index is 1.95. The average molecular weight is 313 g/mol. The van der Waals surface area contributed by atoms with Gasteiger partial charge in [0.05, 0.1) is 7.11 Å². The predicted molar refractivity (Wildman–Crippen MR) is 90.9 cm³/mol. The number of aryl methyl sites for hydroxylation is 2. The van der Waals surface area contributed by atoms with E-state index in [1.807, 2.05) is 56.3 Å². The number of likely N-dealkylation sites (N-methyl/N-ethyl adjacent to an activating group) is 1. The third-order valence-electron chi connectivity index (χ3n) is 3.76. The molecule has 2 aromatic carbocycles. The number of carbonyl (C=O) groups is 1. The number of benzene rings is 2. The minimum atomic E-state index is -0.0733. The Morgan fingerprint density at radius 3 is 2.52 bits per heavy atom. The molecule has 0 fully saturated rings. The van der Waals surface area contributed by atoms with Crippen LogP contribution in [0, 0.1) is 13.8 Å². The average Bonchev–Trinajstić information content (AvgIpc) is 2.55. The zero-order valence-electron chi connectivity index (χ0n) is 14.1. The zero-order valence-corrected chi connectivity index (χ0v) is 14.1. The fourth-order valence-corrected chi connectivity index (χ4v) is 2.27. The van der Waals surface area contributed by atoms with Crippen LogP contribution in [-0.2, 0) is 11.3 Å². The molecule has 0 aliphatic heterocycles. The van der Waals surface area contributed by atoms with E-state index in [0.29, 0.717) is 18.0 Å². The zero-order chi connectivity index (χ0) is 16.8. The molecule has 0 spiro atoms. The van der Waals surface area contributed by atoms with Crippen LogP contribution in [0.25, 0.3) is 0 Å². The molecule has 1 amide bonds. The minimum Gasteiger partial charge on any atom is -0.493 e. The highest BCUT2D eigenvalue weighted by molar-refractivity contribution is 5.77. The summed E-state index contributed by atoms with van der Waals surface area (Å²) in [6, 6.07) is 13.7. The molecule has 2 rings (SSSR count). The highest BCUT2D eigenvalue weighted by Crippen LogP contribution is 2.27. The Bertz CT molecular complexity index is 682. The molecule has 0 aliphatic carbocycles. The van der Waals surface area contributed by atoms with Gasteiger partial charge >= 0.3 is 0 Å². The molecular weight excluding hydrogens is 290 g/mol. The van der Waals surface area contributed by atoms with Gasteiger partial charge < -0.3 is 14.4 Å². The number of carbonyl (C=O) groups excluding carboxylic acids is 1. The Labute approximate surface area is 137 Å². The van der Waals surface area contributed by atoms with Crippen molar-refractivity contribution in [3.63, 3.8) is 0 Å². The molecule has 4 heteroatoms. The maximum atomic E-state index is 12.3. The fourth-order valence-electron chi connectivity index (χ4n) is 2.27. The quantitative estimate of drug-likeness (QED) is 0.821. The van der Waals surface area contributed by atoms with Gasteiger partial charge in [-0.2, -0.15) is 0 Å². The first-order chi connectivity index (χ1) is 11.0. The lowest BCUT2D eigenvalue weighted by Crippen LogP contribution is -2.31. The Morgan fingerprint density at radius 1 is 1.09 bits per heavy atom. The number of hydrogen-bond donors (Lipinski definition) is 0. The smallest absolute Gasteiger partial charge is 0.260 e. The summed E-state index contributed by atoms with van der Waals surface area (Å²) in [4.78, 5) is 13.9. The van der Waals surface area contributed by atoms with E-state index >= 15 is 0 Å². The number of ether oxygens (including phenoxy) is 2. The summed E-state index contributed by atoms with van der Waals surface area (Å²) < 4.78 is 10.9. The van der Waals surface area contributed by atoms with Gasteiger partial charge in [0, 0.05) is 13.6 Å². The maximum absolute atomic E-state index is 12.3. The van der Waals surface area contributed by atoms with E-state index in [4.69, 9.17) is 9.47 Å². The third kappa shape index (κ3) is 4.49. The number of methoxy groups -OCH3 is 1. The summed E-state index contributed by atoms with van der Waals surface area (Å²) in [6.45, 7) is 4.58. The molecule has 4 nitrogen and oxygen atoms in total. The standard InChI is InChI=1S/C19H23NO3/c1-14-9-10-17(18(11-14)22-4)23-13-19(21)20(3)12-16-8-6-5-7-15(16)2/h5-11H,12-13H2,1-4H3. The summed E-state index contributed by atoms with van der Waals surface area (Å²) in [5.41, 5.74) is 3.39. The molecule has 0 bridgehead atoms. The van der Waals surface area contributed by atoms with Crippen LogP contribution in [0.5, 0.6) is 11.5 Å². The van der Waals surface area contributed by atoms with Crippen molar-refractivity contribution in [1.82, 2.24) is 4.90 Å². The molecule has 0 saturated carbocycles. The first kappa shape index (κ1) is 16.9. The molecule has 0 atom stereocenters. The van der Waals surface area contributed by atoms with Crippen molar-refractivity contribution in [3.8, 4) is 11.5 Å². The second-order valence-electron chi connectivity index (χ2n) is 5.62. The monoisotopic (exact) mass is 313 g/mol. The van der Waals surface area contributed by atoms with Crippen LogP contribution in [0.15, 0.2) is 42.5 Å². The lowest BCUT2D eigenvalue weighted by atomic mass is 10.1. The van der Waals surface area contributed by atoms with Crippen molar-refractivity contribution in [2.75, 3.05) is 20.8 Å². The van der Waals surface area contributed by atoms with E-state index in [1.165, 1.54) is 5.56 Å². The van der Waals surface area contributed by atoms with Crippen LogP contribution in [0.2, 0.25) is 0 Å². The molecule has 0 N–H and O–H groups in total. The molecule has 2 aromatic rings. The molecular formula is C19H23NO3. The summed E-state index contributed by atoms with van der Waals surface area (Å²) in [7, 11) is 3.37. The number of amides is 1. The first-order valence-electron chi connectivity index (χ1n) is 7.57. The number of rotatable bonds is 6. The van der Waals surface area contributed by atoms with Crippen LogP contribution < -0.4 is 9.47 Å². The summed E-state index contributed by atoms with van der Waals surface area (Å²) in [5.74, 6) is 1.14. The molecule has 0 radical (unpaired) electrons. The summed E-state index contributed by atoms with van der Waals surface area (Å²) in [5, 5.41) is 0. The van der Waals surface area contributed by atoms with Gasteiger partial charge in [-0.05, 0) is 42.7 Å². The van der Waals surface area contributed by atoms with Crippen LogP contribution in [0.3, 0.4) is 0 Å². The Morgan fingerprint density at radius 2 is 1.83 bits per heavy atom.